The van der Waals surface area contributed by atoms with Gasteiger partial charge in [-0.15, -0.1) is 0 Å². The van der Waals surface area contributed by atoms with Gasteiger partial charge in [-0.05, 0) is 51.1 Å². The summed E-state index contributed by atoms with van der Waals surface area (Å²) in [6, 6.07) is 2.56. The van der Waals surface area contributed by atoms with Crippen LogP contribution in [0.2, 0.25) is 0 Å². The van der Waals surface area contributed by atoms with E-state index in [1.807, 2.05) is 0 Å². The van der Waals surface area contributed by atoms with Crippen molar-refractivity contribution in [1.29, 1.82) is 0 Å². The third kappa shape index (κ3) is 3.00. The Bertz CT molecular complexity index is 278. The molecule has 2 saturated carbocycles. The van der Waals surface area contributed by atoms with Gasteiger partial charge >= 0.3 is 0 Å². The summed E-state index contributed by atoms with van der Waals surface area (Å²) in [5.74, 6) is 1.04. The van der Waals surface area contributed by atoms with Crippen LogP contribution in [0.4, 0.5) is 0 Å². The molecule has 0 aromatic carbocycles. The highest BCUT2D eigenvalue weighted by Gasteiger charge is 2.41. The lowest BCUT2D eigenvalue weighted by Gasteiger charge is -2.40. The summed E-state index contributed by atoms with van der Waals surface area (Å²) in [5.41, 5.74) is 0. The molecule has 0 radical (unpaired) electrons. The first-order valence-electron chi connectivity index (χ1n) is 8.89. The predicted octanol–water partition coefficient (Wildman–Crippen LogP) is 3.56. The van der Waals surface area contributed by atoms with Gasteiger partial charge in [0.15, 0.2) is 0 Å². The van der Waals surface area contributed by atoms with Crippen LogP contribution in [0.3, 0.4) is 0 Å². The first kappa shape index (κ1) is 13.9. The monoisotopic (exact) mass is 264 g/mol. The van der Waals surface area contributed by atoms with Crippen LogP contribution in [0.5, 0.6) is 0 Å². The molecule has 1 aliphatic heterocycles. The molecule has 0 aromatic rings. The van der Waals surface area contributed by atoms with Gasteiger partial charge in [-0.2, -0.15) is 0 Å². The van der Waals surface area contributed by atoms with Crippen molar-refractivity contribution >= 4 is 0 Å². The number of nitrogens with one attached hydrogen (secondary N) is 1. The fourth-order valence-corrected chi connectivity index (χ4v) is 5.04. The van der Waals surface area contributed by atoms with Gasteiger partial charge in [-0.3, -0.25) is 4.90 Å². The smallest absolute Gasteiger partial charge is 0.0252 e. The lowest BCUT2D eigenvalue weighted by Crippen LogP contribution is -2.52. The Balaban J connectivity index is 1.70. The average molecular weight is 264 g/mol. The van der Waals surface area contributed by atoms with Gasteiger partial charge in [0.1, 0.15) is 0 Å². The molecule has 0 aromatic heterocycles. The quantitative estimate of drug-likeness (QED) is 0.784. The van der Waals surface area contributed by atoms with E-state index in [1.54, 1.807) is 0 Å². The van der Waals surface area contributed by atoms with Crippen LogP contribution < -0.4 is 5.32 Å². The van der Waals surface area contributed by atoms with E-state index in [2.05, 4.69) is 17.1 Å². The van der Waals surface area contributed by atoms with Crippen molar-refractivity contribution in [3.63, 3.8) is 0 Å². The number of rotatable bonds is 3. The first-order valence-corrected chi connectivity index (χ1v) is 8.89. The molecule has 4 unspecified atom stereocenters. The Kier molecular flexibility index (Phi) is 4.81. The molecule has 2 aliphatic carbocycles. The van der Waals surface area contributed by atoms with Crippen LogP contribution in [0, 0.1) is 5.92 Å². The minimum Gasteiger partial charge on any atom is -0.313 e. The normalized spacial score (nSPS) is 40.9. The lowest BCUT2D eigenvalue weighted by molar-refractivity contribution is 0.101. The third-order valence-corrected chi connectivity index (χ3v) is 5.92. The molecule has 2 heteroatoms. The third-order valence-electron chi connectivity index (χ3n) is 5.92. The van der Waals surface area contributed by atoms with Crippen LogP contribution in [0.25, 0.3) is 0 Å². The van der Waals surface area contributed by atoms with Crippen LogP contribution >= 0.6 is 0 Å². The van der Waals surface area contributed by atoms with Crippen molar-refractivity contribution < 1.29 is 0 Å². The minimum absolute atomic E-state index is 0.771. The number of likely N-dealkylation sites (N-methyl/N-ethyl adjacent to an activating group) is 1. The van der Waals surface area contributed by atoms with E-state index in [4.69, 9.17) is 0 Å². The van der Waals surface area contributed by atoms with Crippen LogP contribution in [0.1, 0.15) is 71.1 Å². The fraction of sp³-hybridized carbons (Fsp3) is 1.00. The Morgan fingerprint density at radius 2 is 1.58 bits per heavy atom. The average Bonchev–Trinajstić information content (AvgIpc) is 2.73. The molecule has 3 rings (SSSR count). The second-order valence-electron chi connectivity index (χ2n) is 7.01. The Morgan fingerprint density at radius 1 is 0.842 bits per heavy atom. The summed E-state index contributed by atoms with van der Waals surface area (Å²) in [6.07, 6.45) is 14.7. The van der Waals surface area contributed by atoms with E-state index in [1.165, 1.54) is 70.8 Å². The maximum atomic E-state index is 3.81. The van der Waals surface area contributed by atoms with E-state index in [0.29, 0.717) is 0 Å². The predicted molar refractivity (Wildman–Crippen MR) is 81.4 cm³/mol. The largest absolute Gasteiger partial charge is 0.313 e. The molecule has 19 heavy (non-hydrogen) atoms. The van der Waals surface area contributed by atoms with E-state index in [-0.39, 0.29) is 0 Å². The minimum atomic E-state index is 0.771. The molecular formula is C17H32N2. The van der Waals surface area contributed by atoms with Gasteiger partial charge < -0.3 is 5.32 Å². The van der Waals surface area contributed by atoms with Crippen molar-refractivity contribution in [3.8, 4) is 0 Å². The summed E-state index contributed by atoms with van der Waals surface area (Å²) in [6.45, 7) is 4.81. The number of likely N-dealkylation sites (tertiary alicyclic amines) is 1. The van der Waals surface area contributed by atoms with E-state index >= 15 is 0 Å². The van der Waals surface area contributed by atoms with Crippen molar-refractivity contribution in [2.24, 2.45) is 5.92 Å². The maximum absolute atomic E-state index is 3.81. The molecule has 3 fully saturated rings. The zero-order valence-corrected chi connectivity index (χ0v) is 12.7. The highest BCUT2D eigenvalue weighted by atomic mass is 15.2. The molecule has 3 aliphatic rings. The summed E-state index contributed by atoms with van der Waals surface area (Å²) >= 11 is 0. The van der Waals surface area contributed by atoms with Gasteiger partial charge in [0.2, 0.25) is 0 Å². The molecular weight excluding hydrogens is 232 g/mol. The van der Waals surface area contributed by atoms with Crippen LogP contribution in [-0.4, -0.2) is 36.1 Å². The molecule has 4 atom stereocenters. The maximum Gasteiger partial charge on any atom is 0.0252 e. The summed E-state index contributed by atoms with van der Waals surface area (Å²) in [7, 11) is 0. The van der Waals surface area contributed by atoms with Crippen LogP contribution in [0.15, 0.2) is 0 Å². The van der Waals surface area contributed by atoms with Gasteiger partial charge in [0.25, 0.3) is 0 Å². The summed E-state index contributed by atoms with van der Waals surface area (Å²) in [5, 5.41) is 3.81. The molecule has 1 N–H and O–H groups in total. The SMILES string of the molecule is CCNC1CCCCCC1N1CCC2CCCCC21. The molecule has 0 spiro atoms. The number of hydrogen-bond donors (Lipinski definition) is 1. The molecule has 1 saturated heterocycles. The number of fused-ring (bicyclic) bond motifs is 1. The Labute approximate surface area is 119 Å². The fourth-order valence-electron chi connectivity index (χ4n) is 5.04. The van der Waals surface area contributed by atoms with Crippen molar-refractivity contribution in [1.82, 2.24) is 10.2 Å². The van der Waals surface area contributed by atoms with E-state index in [9.17, 15) is 0 Å². The van der Waals surface area contributed by atoms with Gasteiger partial charge in [0.05, 0.1) is 0 Å². The number of hydrogen-bond acceptors (Lipinski definition) is 2. The van der Waals surface area contributed by atoms with Gasteiger partial charge in [-0.1, -0.05) is 39.0 Å². The second-order valence-corrected chi connectivity index (χ2v) is 7.01. The summed E-state index contributed by atoms with van der Waals surface area (Å²) in [4.78, 5) is 2.95. The Morgan fingerprint density at radius 3 is 2.47 bits per heavy atom. The van der Waals surface area contributed by atoms with Gasteiger partial charge in [-0.25, -0.2) is 0 Å². The summed E-state index contributed by atoms with van der Waals surface area (Å²) < 4.78 is 0. The van der Waals surface area contributed by atoms with Gasteiger partial charge in [0, 0.05) is 18.1 Å². The standard InChI is InChI=1S/C17H32N2/c1-2-18-15-9-4-3-5-11-17(15)19-13-12-14-8-6-7-10-16(14)19/h14-18H,2-13H2,1H3. The molecule has 110 valence electrons. The second kappa shape index (κ2) is 6.58. The number of nitrogens with zero attached hydrogens (tertiary/aromatic N) is 1. The lowest BCUT2D eigenvalue weighted by atomic mass is 9.84. The topological polar surface area (TPSA) is 15.3 Å². The van der Waals surface area contributed by atoms with Crippen molar-refractivity contribution in [3.05, 3.63) is 0 Å². The highest BCUT2D eigenvalue weighted by molar-refractivity contribution is 4.97. The Hall–Kier alpha value is -0.0800. The van der Waals surface area contributed by atoms with Crippen molar-refractivity contribution in [2.45, 2.75) is 89.3 Å². The highest BCUT2D eigenvalue weighted by Crippen LogP contribution is 2.39. The zero-order chi connectivity index (χ0) is 13.1. The molecule has 2 nitrogen and oxygen atoms in total. The molecule has 1 heterocycles. The molecule has 0 bridgehead atoms. The van der Waals surface area contributed by atoms with Crippen molar-refractivity contribution in [2.75, 3.05) is 13.1 Å². The van der Waals surface area contributed by atoms with E-state index < -0.39 is 0 Å². The molecule has 0 amide bonds. The zero-order valence-electron chi connectivity index (χ0n) is 12.7. The first-order chi connectivity index (χ1) is 9.40. The van der Waals surface area contributed by atoms with Crippen LogP contribution in [-0.2, 0) is 0 Å². The van der Waals surface area contributed by atoms with E-state index in [0.717, 1.165) is 30.6 Å².